The first-order chi connectivity index (χ1) is 9.95. The molecular weight excluding hydrogens is 394 g/mol. The van der Waals surface area contributed by atoms with Gasteiger partial charge in [-0.3, -0.25) is 4.79 Å². The van der Waals surface area contributed by atoms with E-state index in [4.69, 9.17) is 0 Å². The summed E-state index contributed by atoms with van der Waals surface area (Å²) >= 11 is 6.88. The quantitative estimate of drug-likeness (QED) is 0.764. The normalized spacial score (nSPS) is 12.0. The van der Waals surface area contributed by atoms with Crippen LogP contribution in [0.2, 0.25) is 0 Å². The van der Waals surface area contributed by atoms with Crippen LogP contribution in [0.15, 0.2) is 51.4 Å². The summed E-state index contributed by atoms with van der Waals surface area (Å²) in [6.45, 7) is 4.02. The molecule has 0 aliphatic carbocycles. The second kappa shape index (κ2) is 7.23. The van der Waals surface area contributed by atoms with Gasteiger partial charge in [0.05, 0.1) is 0 Å². The summed E-state index contributed by atoms with van der Waals surface area (Å²) in [4.78, 5) is 12.2. The predicted molar refractivity (Wildman–Crippen MR) is 93.7 cm³/mol. The van der Waals surface area contributed by atoms with Gasteiger partial charge in [-0.25, -0.2) is 0 Å². The van der Waals surface area contributed by atoms with Crippen molar-refractivity contribution in [2.45, 2.75) is 26.3 Å². The molecule has 0 spiro atoms. The minimum Gasteiger partial charge on any atom is -0.349 e. The number of carbonyl (C=O) groups excluding carboxylic acids is 1. The Bertz CT molecular complexity index is 638. The lowest BCUT2D eigenvalue weighted by atomic mass is 10.1. The predicted octanol–water partition coefficient (Wildman–Crippen LogP) is 4.88. The highest BCUT2D eigenvalue weighted by Crippen LogP contribution is 2.18. The van der Waals surface area contributed by atoms with Crippen LogP contribution in [0.5, 0.6) is 0 Å². The number of hydrogen-bond acceptors (Lipinski definition) is 1. The first-order valence-electron chi connectivity index (χ1n) is 6.77. The second-order valence-electron chi connectivity index (χ2n) is 5.17. The highest BCUT2D eigenvalue weighted by molar-refractivity contribution is 9.10. The lowest BCUT2D eigenvalue weighted by Crippen LogP contribution is -2.34. The molecule has 0 heterocycles. The van der Waals surface area contributed by atoms with E-state index in [2.05, 4.69) is 49.3 Å². The Balaban J connectivity index is 1.98. The van der Waals surface area contributed by atoms with Gasteiger partial charge in [0.2, 0.25) is 0 Å². The maximum Gasteiger partial charge on any atom is 0.251 e. The topological polar surface area (TPSA) is 29.1 Å². The standard InChI is InChI=1S/C17H17Br2NO/c1-11-3-6-14(10-16(11)19)17(21)20-12(2)9-13-4-7-15(18)8-5-13/h3-8,10,12H,9H2,1-2H3,(H,20,21). The number of benzene rings is 2. The molecule has 0 saturated heterocycles. The van der Waals surface area contributed by atoms with E-state index >= 15 is 0 Å². The molecule has 2 nitrogen and oxygen atoms in total. The SMILES string of the molecule is Cc1ccc(C(=O)NC(C)Cc2ccc(Br)cc2)cc1Br. The van der Waals surface area contributed by atoms with Gasteiger partial charge in [-0.15, -0.1) is 0 Å². The summed E-state index contributed by atoms with van der Waals surface area (Å²) in [6, 6.07) is 13.9. The average Bonchev–Trinajstić information content (AvgIpc) is 2.44. The van der Waals surface area contributed by atoms with Crippen molar-refractivity contribution < 1.29 is 4.79 Å². The van der Waals surface area contributed by atoms with Gasteiger partial charge in [0.25, 0.3) is 5.91 Å². The lowest BCUT2D eigenvalue weighted by molar-refractivity contribution is 0.0940. The molecule has 0 saturated carbocycles. The number of hydrogen-bond donors (Lipinski definition) is 1. The van der Waals surface area contributed by atoms with E-state index in [-0.39, 0.29) is 11.9 Å². The molecule has 1 amide bonds. The number of halogens is 2. The summed E-state index contributed by atoms with van der Waals surface area (Å²) in [5.74, 6) is -0.0414. The number of rotatable bonds is 4. The van der Waals surface area contributed by atoms with Gasteiger partial charge in [0.15, 0.2) is 0 Å². The molecule has 0 bridgehead atoms. The molecule has 2 aromatic carbocycles. The molecular formula is C17H17Br2NO. The van der Waals surface area contributed by atoms with Crippen LogP contribution in [-0.2, 0) is 6.42 Å². The fraction of sp³-hybridized carbons (Fsp3) is 0.235. The van der Waals surface area contributed by atoms with Gasteiger partial charge in [0.1, 0.15) is 0 Å². The molecule has 0 aliphatic heterocycles. The lowest BCUT2D eigenvalue weighted by Gasteiger charge is -2.14. The summed E-state index contributed by atoms with van der Waals surface area (Å²) < 4.78 is 2.02. The molecule has 4 heteroatoms. The number of aryl methyl sites for hydroxylation is 1. The van der Waals surface area contributed by atoms with Crippen LogP contribution >= 0.6 is 31.9 Å². The van der Waals surface area contributed by atoms with Crippen molar-refractivity contribution in [3.8, 4) is 0 Å². The third-order valence-corrected chi connectivity index (χ3v) is 4.65. The van der Waals surface area contributed by atoms with Crippen LogP contribution in [0.3, 0.4) is 0 Å². The first-order valence-corrected chi connectivity index (χ1v) is 8.36. The van der Waals surface area contributed by atoms with E-state index in [1.165, 1.54) is 5.56 Å². The van der Waals surface area contributed by atoms with Crippen molar-refractivity contribution in [2.24, 2.45) is 0 Å². The van der Waals surface area contributed by atoms with Gasteiger partial charge >= 0.3 is 0 Å². The number of nitrogens with one attached hydrogen (secondary N) is 1. The molecule has 110 valence electrons. The summed E-state index contributed by atoms with van der Waals surface area (Å²) in [5, 5.41) is 3.03. The highest BCUT2D eigenvalue weighted by atomic mass is 79.9. The van der Waals surface area contributed by atoms with Gasteiger partial charge in [0, 0.05) is 20.6 Å². The van der Waals surface area contributed by atoms with Crippen molar-refractivity contribution in [1.29, 1.82) is 0 Å². The van der Waals surface area contributed by atoms with Crippen LogP contribution in [-0.4, -0.2) is 11.9 Å². The Hall–Kier alpha value is -1.13. The fourth-order valence-corrected chi connectivity index (χ4v) is 2.71. The van der Waals surface area contributed by atoms with Gasteiger partial charge in [-0.1, -0.05) is 50.1 Å². The number of amides is 1. The zero-order chi connectivity index (χ0) is 15.4. The van der Waals surface area contributed by atoms with Gasteiger partial charge in [-0.2, -0.15) is 0 Å². The maximum absolute atomic E-state index is 12.2. The van der Waals surface area contributed by atoms with E-state index in [1.54, 1.807) is 0 Å². The van der Waals surface area contributed by atoms with Crippen LogP contribution in [0.4, 0.5) is 0 Å². The van der Waals surface area contributed by atoms with E-state index in [9.17, 15) is 4.79 Å². The Labute approximate surface area is 142 Å². The Morgan fingerprint density at radius 1 is 1.14 bits per heavy atom. The maximum atomic E-state index is 12.2. The fourth-order valence-electron chi connectivity index (χ4n) is 2.07. The zero-order valence-electron chi connectivity index (χ0n) is 12.0. The van der Waals surface area contributed by atoms with Gasteiger partial charge < -0.3 is 5.32 Å². The Morgan fingerprint density at radius 3 is 2.43 bits per heavy atom. The molecule has 1 N–H and O–H groups in total. The van der Waals surface area contributed by atoms with E-state index in [1.807, 2.05) is 44.2 Å². The van der Waals surface area contributed by atoms with Crippen LogP contribution in [0.25, 0.3) is 0 Å². The molecule has 2 rings (SSSR count). The smallest absolute Gasteiger partial charge is 0.251 e. The van der Waals surface area contributed by atoms with Gasteiger partial charge in [-0.05, 0) is 55.7 Å². The van der Waals surface area contributed by atoms with E-state index < -0.39 is 0 Å². The minimum absolute atomic E-state index is 0.0414. The molecule has 1 unspecified atom stereocenters. The summed E-state index contributed by atoms with van der Waals surface area (Å²) in [5.41, 5.74) is 3.00. The highest BCUT2D eigenvalue weighted by Gasteiger charge is 2.11. The molecule has 0 aromatic heterocycles. The monoisotopic (exact) mass is 409 g/mol. The average molecular weight is 411 g/mol. The second-order valence-corrected chi connectivity index (χ2v) is 6.94. The van der Waals surface area contributed by atoms with Crippen LogP contribution < -0.4 is 5.32 Å². The minimum atomic E-state index is -0.0414. The number of carbonyl (C=O) groups is 1. The third-order valence-electron chi connectivity index (χ3n) is 3.27. The first kappa shape index (κ1) is 16.2. The summed E-state index contributed by atoms with van der Waals surface area (Å²) in [6.07, 6.45) is 0.812. The van der Waals surface area contributed by atoms with Crippen molar-refractivity contribution >= 4 is 37.8 Å². The third kappa shape index (κ3) is 4.68. The molecule has 21 heavy (non-hydrogen) atoms. The zero-order valence-corrected chi connectivity index (χ0v) is 15.2. The molecule has 1 atom stereocenters. The Morgan fingerprint density at radius 2 is 1.81 bits per heavy atom. The molecule has 0 radical (unpaired) electrons. The Kier molecular flexibility index (Phi) is 5.59. The van der Waals surface area contributed by atoms with E-state index in [0.29, 0.717) is 5.56 Å². The van der Waals surface area contributed by atoms with Crippen molar-refractivity contribution in [3.63, 3.8) is 0 Å². The molecule has 0 aliphatic rings. The van der Waals surface area contributed by atoms with Crippen LogP contribution in [0.1, 0.15) is 28.4 Å². The molecule has 0 fully saturated rings. The van der Waals surface area contributed by atoms with Crippen LogP contribution in [0, 0.1) is 6.92 Å². The molecule has 2 aromatic rings. The van der Waals surface area contributed by atoms with Crippen molar-refractivity contribution in [2.75, 3.05) is 0 Å². The summed E-state index contributed by atoms with van der Waals surface area (Å²) in [7, 11) is 0. The van der Waals surface area contributed by atoms with Crippen molar-refractivity contribution in [1.82, 2.24) is 5.32 Å². The largest absolute Gasteiger partial charge is 0.349 e. The van der Waals surface area contributed by atoms with Crippen molar-refractivity contribution in [3.05, 3.63) is 68.1 Å². The van der Waals surface area contributed by atoms with E-state index in [0.717, 1.165) is 20.9 Å².